The van der Waals surface area contributed by atoms with Crippen molar-refractivity contribution in [3.63, 3.8) is 0 Å². The van der Waals surface area contributed by atoms with Crippen LogP contribution in [0, 0.1) is 0 Å². The molecule has 1 saturated heterocycles. The number of methoxy groups -OCH3 is 1. The molecule has 2 unspecified atom stereocenters. The average molecular weight is 354 g/mol. The van der Waals surface area contributed by atoms with E-state index in [0.29, 0.717) is 28.5 Å². The summed E-state index contributed by atoms with van der Waals surface area (Å²) in [6, 6.07) is 12.9. The van der Waals surface area contributed by atoms with Crippen LogP contribution in [0.25, 0.3) is 0 Å². The van der Waals surface area contributed by atoms with E-state index < -0.39 is 24.1 Å². The molecule has 134 valence electrons. The normalized spacial score (nSPS) is 20.8. The highest BCUT2D eigenvalue weighted by molar-refractivity contribution is 5.88. The minimum atomic E-state index is -0.892. The van der Waals surface area contributed by atoms with Gasteiger partial charge in [-0.1, -0.05) is 42.5 Å². The summed E-state index contributed by atoms with van der Waals surface area (Å²) in [4.78, 5) is 26.0. The van der Waals surface area contributed by atoms with Gasteiger partial charge in [-0.05, 0) is 17.2 Å². The van der Waals surface area contributed by atoms with Crippen molar-refractivity contribution in [2.24, 2.45) is 0 Å². The Kier molecular flexibility index (Phi) is 4.00. The first kappa shape index (κ1) is 16.4. The smallest absolute Gasteiger partial charge is 0.345 e. The monoisotopic (exact) mass is 354 g/mol. The zero-order valence-corrected chi connectivity index (χ0v) is 14.2. The molecule has 26 heavy (non-hydrogen) atoms. The van der Waals surface area contributed by atoms with E-state index >= 15 is 0 Å². The van der Waals surface area contributed by atoms with E-state index in [9.17, 15) is 14.8 Å². The Labute approximate surface area is 150 Å². The van der Waals surface area contributed by atoms with Crippen molar-refractivity contribution in [1.82, 2.24) is 9.96 Å². The van der Waals surface area contributed by atoms with E-state index in [0.717, 1.165) is 5.56 Å². The second kappa shape index (κ2) is 6.34. The standard InChI is InChI=1S/C19H18N2O5/c1-25-18(22)17-13-8-5-9-15(26-11-12-6-3-2-4-7-12)16(13)14-10-20(17)19(23)21(14)24/h2-9,14,17,24H,10-11H2,1H3. The lowest BCUT2D eigenvalue weighted by Gasteiger charge is -2.31. The van der Waals surface area contributed by atoms with E-state index in [-0.39, 0.29) is 6.54 Å². The number of amides is 2. The highest BCUT2D eigenvalue weighted by atomic mass is 16.5. The van der Waals surface area contributed by atoms with Crippen molar-refractivity contribution in [2.75, 3.05) is 13.7 Å². The minimum absolute atomic E-state index is 0.202. The Bertz CT molecular complexity index is 854. The lowest BCUT2D eigenvalue weighted by molar-refractivity contribution is -0.146. The summed E-state index contributed by atoms with van der Waals surface area (Å²) >= 11 is 0. The molecule has 0 radical (unpaired) electrons. The highest BCUT2D eigenvalue weighted by Gasteiger charge is 2.51. The molecule has 2 heterocycles. The predicted molar refractivity (Wildman–Crippen MR) is 90.4 cm³/mol. The second-order valence-electron chi connectivity index (χ2n) is 6.25. The van der Waals surface area contributed by atoms with Crippen LogP contribution in [0.3, 0.4) is 0 Å². The number of nitrogens with zero attached hydrogens (tertiary/aromatic N) is 2. The Hall–Kier alpha value is -3.06. The lowest BCUT2D eigenvalue weighted by atomic mass is 9.90. The van der Waals surface area contributed by atoms with Gasteiger partial charge in [0, 0.05) is 5.56 Å². The van der Waals surface area contributed by atoms with E-state index in [2.05, 4.69) is 0 Å². The van der Waals surface area contributed by atoms with Crippen LogP contribution in [0.1, 0.15) is 28.8 Å². The summed E-state index contributed by atoms with van der Waals surface area (Å²) in [5.41, 5.74) is 2.25. The summed E-state index contributed by atoms with van der Waals surface area (Å²) in [6.45, 7) is 0.545. The molecule has 2 bridgehead atoms. The number of hydroxylamine groups is 2. The molecule has 0 spiro atoms. The largest absolute Gasteiger partial charge is 0.489 e. The third-order valence-corrected chi connectivity index (χ3v) is 4.81. The number of fused-ring (bicyclic) bond motifs is 4. The van der Waals surface area contributed by atoms with Crippen molar-refractivity contribution in [3.05, 3.63) is 65.2 Å². The minimum Gasteiger partial charge on any atom is -0.489 e. The molecule has 2 aliphatic heterocycles. The molecule has 2 aromatic carbocycles. The molecule has 1 fully saturated rings. The van der Waals surface area contributed by atoms with Gasteiger partial charge in [0.05, 0.1) is 13.7 Å². The van der Waals surface area contributed by atoms with Crippen LogP contribution in [0.5, 0.6) is 5.75 Å². The van der Waals surface area contributed by atoms with Gasteiger partial charge in [-0.25, -0.2) is 9.59 Å². The van der Waals surface area contributed by atoms with Crippen molar-refractivity contribution in [3.8, 4) is 5.75 Å². The molecule has 2 atom stereocenters. The van der Waals surface area contributed by atoms with Gasteiger partial charge >= 0.3 is 12.0 Å². The molecule has 0 aromatic heterocycles. The molecule has 7 heteroatoms. The quantitative estimate of drug-likeness (QED) is 0.674. The predicted octanol–water partition coefficient (Wildman–Crippen LogP) is 2.66. The maximum absolute atomic E-state index is 12.3. The van der Waals surface area contributed by atoms with E-state index in [4.69, 9.17) is 9.47 Å². The van der Waals surface area contributed by atoms with Crippen LogP contribution in [-0.2, 0) is 16.1 Å². The lowest BCUT2D eigenvalue weighted by Crippen LogP contribution is -2.38. The number of carbonyl (C=O) groups excluding carboxylic acids is 2. The Morgan fingerprint density at radius 2 is 1.96 bits per heavy atom. The highest BCUT2D eigenvalue weighted by Crippen LogP contribution is 2.47. The molecular formula is C19H18N2O5. The van der Waals surface area contributed by atoms with Crippen LogP contribution < -0.4 is 4.74 Å². The van der Waals surface area contributed by atoms with Gasteiger partial charge in [-0.15, -0.1) is 0 Å². The maximum Gasteiger partial charge on any atom is 0.345 e. The average Bonchev–Trinajstić information content (AvgIpc) is 2.92. The zero-order valence-electron chi connectivity index (χ0n) is 14.2. The molecule has 2 amide bonds. The van der Waals surface area contributed by atoms with Gasteiger partial charge in [-0.3, -0.25) is 5.21 Å². The van der Waals surface area contributed by atoms with Crippen molar-refractivity contribution < 1.29 is 24.3 Å². The number of hydrogen-bond acceptors (Lipinski definition) is 5. The number of rotatable bonds is 4. The van der Waals surface area contributed by atoms with Gasteiger partial charge in [-0.2, -0.15) is 5.06 Å². The molecule has 7 nitrogen and oxygen atoms in total. The Balaban J connectivity index is 1.74. The summed E-state index contributed by atoms with van der Waals surface area (Å²) < 4.78 is 10.8. The van der Waals surface area contributed by atoms with Crippen LogP contribution in [0.2, 0.25) is 0 Å². The van der Waals surface area contributed by atoms with Gasteiger partial charge in [0.25, 0.3) is 0 Å². The Morgan fingerprint density at radius 3 is 2.69 bits per heavy atom. The first-order valence-electron chi connectivity index (χ1n) is 8.28. The van der Waals surface area contributed by atoms with Crippen LogP contribution in [0.15, 0.2) is 48.5 Å². The topological polar surface area (TPSA) is 79.3 Å². The fourth-order valence-electron chi connectivity index (χ4n) is 3.59. The molecule has 2 aromatic rings. The summed E-state index contributed by atoms with van der Waals surface area (Å²) in [5, 5.41) is 10.9. The van der Waals surface area contributed by atoms with Crippen molar-refractivity contribution in [2.45, 2.75) is 18.7 Å². The van der Waals surface area contributed by atoms with Crippen LogP contribution >= 0.6 is 0 Å². The third kappa shape index (κ3) is 2.48. The molecule has 0 saturated carbocycles. The summed E-state index contributed by atoms with van der Waals surface area (Å²) in [6.07, 6.45) is 0. The maximum atomic E-state index is 12.3. The molecule has 1 N–H and O–H groups in total. The van der Waals surface area contributed by atoms with E-state index in [1.54, 1.807) is 18.2 Å². The molecule has 4 rings (SSSR count). The second-order valence-corrected chi connectivity index (χ2v) is 6.25. The molecular weight excluding hydrogens is 336 g/mol. The molecule has 2 aliphatic rings. The van der Waals surface area contributed by atoms with Gasteiger partial charge < -0.3 is 14.4 Å². The first-order valence-corrected chi connectivity index (χ1v) is 8.28. The number of esters is 1. The number of urea groups is 1. The van der Waals surface area contributed by atoms with Crippen LogP contribution in [-0.4, -0.2) is 40.8 Å². The zero-order chi connectivity index (χ0) is 18.3. The van der Waals surface area contributed by atoms with Crippen molar-refractivity contribution in [1.29, 1.82) is 0 Å². The van der Waals surface area contributed by atoms with Gasteiger partial charge in [0.1, 0.15) is 18.4 Å². The van der Waals surface area contributed by atoms with E-state index in [1.807, 2.05) is 30.3 Å². The number of ether oxygens (including phenoxy) is 2. The number of carbonyl (C=O) groups is 2. The summed E-state index contributed by atoms with van der Waals surface area (Å²) in [5.74, 6) is -0.00721. The molecule has 0 aliphatic carbocycles. The van der Waals surface area contributed by atoms with Gasteiger partial charge in [0.2, 0.25) is 0 Å². The third-order valence-electron chi connectivity index (χ3n) is 4.81. The Morgan fingerprint density at radius 1 is 1.19 bits per heavy atom. The van der Waals surface area contributed by atoms with Crippen molar-refractivity contribution >= 4 is 12.0 Å². The number of benzene rings is 2. The fourth-order valence-corrected chi connectivity index (χ4v) is 3.59. The summed E-state index contributed by atoms with van der Waals surface area (Å²) in [7, 11) is 1.28. The van der Waals surface area contributed by atoms with Crippen LogP contribution in [0.4, 0.5) is 4.79 Å². The fraction of sp³-hybridized carbons (Fsp3) is 0.263. The first-order chi connectivity index (χ1) is 12.6. The SMILES string of the molecule is COC(=O)C1c2cccc(OCc3ccccc3)c2C2CN1C(=O)N2O. The van der Waals surface area contributed by atoms with Gasteiger partial charge in [0.15, 0.2) is 6.04 Å². The van der Waals surface area contributed by atoms with E-state index in [1.165, 1.54) is 12.0 Å². The number of hydrogen-bond donors (Lipinski definition) is 1.